The number of carbonyl (C=O) groups is 3. The van der Waals surface area contributed by atoms with Gasteiger partial charge >= 0.3 is 5.97 Å². The number of rotatable bonds is 9. The van der Waals surface area contributed by atoms with Crippen LogP contribution in [0, 0.1) is 11.3 Å². The highest BCUT2D eigenvalue weighted by Crippen LogP contribution is 2.35. The molecule has 2 aromatic rings. The molecule has 0 bridgehead atoms. The molecule has 1 amide bonds. The van der Waals surface area contributed by atoms with Gasteiger partial charge in [-0.05, 0) is 49.4 Å². The van der Waals surface area contributed by atoms with Crippen molar-refractivity contribution in [1.29, 1.82) is 5.26 Å². The molecule has 10 nitrogen and oxygen atoms in total. The minimum atomic E-state index is -1.76. The third-order valence-electron chi connectivity index (χ3n) is 4.97. The van der Waals surface area contributed by atoms with E-state index in [0.717, 1.165) is 0 Å². The van der Waals surface area contributed by atoms with Gasteiger partial charge in [-0.15, -0.1) is 0 Å². The van der Waals surface area contributed by atoms with E-state index in [2.05, 4.69) is 10.5 Å². The number of carbonyl (C=O) groups excluding carboxylic acids is 2. The van der Waals surface area contributed by atoms with Gasteiger partial charge in [0.25, 0.3) is 5.91 Å². The molecule has 0 spiro atoms. The maximum atomic E-state index is 13.0. The zero-order valence-electron chi connectivity index (χ0n) is 18.0. The van der Waals surface area contributed by atoms with Crippen molar-refractivity contribution in [2.24, 2.45) is 5.16 Å². The first-order chi connectivity index (χ1) is 15.8. The zero-order valence-corrected chi connectivity index (χ0v) is 18.0. The highest BCUT2D eigenvalue weighted by molar-refractivity contribution is 6.09. The van der Waals surface area contributed by atoms with E-state index < -0.39 is 23.9 Å². The molecule has 0 saturated carbocycles. The number of oxime groups is 1. The molecule has 3 rings (SSSR count). The van der Waals surface area contributed by atoms with Crippen molar-refractivity contribution in [2.75, 3.05) is 19.0 Å². The number of hydrogen-bond acceptors (Lipinski definition) is 8. The van der Waals surface area contributed by atoms with Crippen LogP contribution in [0.15, 0.2) is 47.6 Å². The van der Waals surface area contributed by atoms with Gasteiger partial charge in [0, 0.05) is 23.2 Å². The highest BCUT2D eigenvalue weighted by atomic mass is 16.7. The van der Waals surface area contributed by atoms with E-state index in [1.807, 2.05) is 6.07 Å². The van der Waals surface area contributed by atoms with E-state index in [0.29, 0.717) is 34.0 Å². The molecule has 0 radical (unpaired) electrons. The summed E-state index contributed by atoms with van der Waals surface area (Å²) in [7, 11) is 1.44. The number of anilines is 1. The molecule has 0 aromatic heterocycles. The van der Waals surface area contributed by atoms with Gasteiger partial charge in [0.1, 0.15) is 6.07 Å². The lowest BCUT2D eigenvalue weighted by Crippen LogP contribution is -2.45. The third kappa shape index (κ3) is 5.27. The fraction of sp³-hybridized carbons (Fsp3) is 0.261. The summed E-state index contributed by atoms with van der Waals surface area (Å²) in [4.78, 5) is 41.4. The number of nitrogens with one attached hydrogen (secondary N) is 1. The molecule has 1 atom stereocenters. The van der Waals surface area contributed by atoms with Crippen LogP contribution < -0.4 is 14.8 Å². The minimum Gasteiger partial charge on any atom is -0.493 e. The number of nitrogens with zero attached hydrogens (tertiary/aromatic N) is 2. The SMILES string of the molecule is COc1cc(C2=NO[C@](CC(=O)O)(C(=O)Nc3ccc(C(C)=O)cc3)C2)ccc1OCC#N. The number of ether oxygens (including phenoxy) is 2. The lowest BCUT2D eigenvalue weighted by atomic mass is 9.90. The quantitative estimate of drug-likeness (QED) is 0.553. The molecule has 0 unspecified atom stereocenters. The first-order valence-electron chi connectivity index (χ1n) is 9.85. The maximum absolute atomic E-state index is 13.0. The number of methoxy groups -OCH3 is 1. The molecule has 0 aliphatic carbocycles. The van der Waals surface area contributed by atoms with Gasteiger partial charge in [0.15, 0.2) is 23.9 Å². The van der Waals surface area contributed by atoms with Crippen LogP contribution in [0.3, 0.4) is 0 Å². The number of amides is 1. The fourth-order valence-corrected chi connectivity index (χ4v) is 3.28. The normalized spacial score (nSPS) is 16.7. The fourth-order valence-electron chi connectivity index (χ4n) is 3.28. The summed E-state index contributed by atoms with van der Waals surface area (Å²) in [5, 5.41) is 24.7. The Kier molecular flexibility index (Phi) is 6.93. The third-order valence-corrected chi connectivity index (χ3v) is 4.97. The number of Topliss-reactive ketones (excluding diaryl/α,β-unsaturated/α-hetero) is 1. The Labute approximate surface area is 189 Å². The number of nitriles is 1. The second-order valence-electron chi connectivity index (χ2n) is 7.27. The summed E-state index contributed by atoms with van der Waals surface area (Å²) in [6, 6.07) is 12.9. The number of ketones is 1. The summed E-state index contributed by atoms with van der Waals surface area (Å²) in [5.74, 6) is -1.33. The molecule has 0 saturated heterocycles. The predicted octanol–water partition coefficient (Wildman–Crippen LogP) is 2.78. The number of aliphatic carboxylic acids is 1. The van der Waals surface area contributed by atoms with Crippen LogP contribution >= 0.6 is 0 Å². The standard InChI is InChI=1S/C23H21N3O7/c1-14(27)15-3-6-17(7-4-15)25-22(30)23(13-21(28)29)12-18(26-33-23)16-5-8-19(32-10-9-24)20(11-16)31-2/h3-8,11H,10,12-13H2,1-2H3,(H,25,30)(H,28,29)/t23-/m1/s1. The van der Waals surface area contributed by atoms with Crippen molar-refractivity contribution in [1.82, 2.24) is 0 Å². The Hall–Kier alpha value is -4.39. The lowest BCUT2D eigenvalue weighted by molar-refractivity contribution is -0.152. The molecule has 2 aromatic carbocycles. The van der Waals surface area contributed by atoms with Gasteiger partial charge in [-0.2, -0.15) is 5.26 Å². The molecule has 1 aliphatic heterocycles. The molecule has 1 heterocycles. The van der Waals surface area contributed by atoms with Crippen LogP contribution in [0.1, 0.15) is 35.7 Å². The monoisotopic (exact) mass is 451 g/mol. The smallest absolute Gasteiger partial charge is 0.308 e. The maximum Gasteiger partial charge on any atom is 0.308 e. The van der Waals surface area contributed by atoms with Gasteiger partial charge in [0.2, 0.25) is 5.60 Å². The Balaban J connectivity index is 1.81. The van der Waals surface area contributed by atoms with Gasteiger partial charge < -0.3 is 24.7 Å². The molecular formula is C23H21N3O7. The van der Waals surface area contributed by atoms with Crippen molar-refractivity contribution in [3.05, 3.63) is 53.6 Å². The summed E-state index contributed by atoms with van der Waals surface area (Å²) in [6.45, 7) is 1.27. The average Bonchev–Trinajstić information content (AvgIpc) is 3.22. The van der Waals surface area contributed by atoms with E-state index in [4.69, 9.17) is 19.6 Å². The number of benzene rings is 2. The van der Waals surface area contributed by atoms with Crippen LogP contribution in [-0.2, 0) is 14.4 Å². The van der Waals surface area contributed by atoms with Crippen molar-refractivity contribution >= 4 is 29.1 Å². The lowest BCUT2D eigenvalue weighted by Gasteiger charge is -2.23. The predicted molar refractivity (Wildman–Crippen MR) is 116 cm³/mol. The Morgan fingerprint density at radius 1 is 1.21 bits per heavy atom. The number of hydrogen-bond donors (Lipinski definition) is 2. The molecular weight excluding hydrogens is 430 g/mol. The van der Waals surface area contributed by atoms with Gasteiger partial charge in [-0.3, -0.25) is 14.4 Å². The molecule has 10 heteroatoms. The van der Waals surface area contributed by atoms with Crippen molar-refractivity contribution < 1.29 is 33.8 Å². The summed E-state index contributed by atoms with van der Waals surface area (Å²) in [5.41, 5.74) is -0.00557. The van der Waals surface area contributed by atoms with E-state index in [1.54, 1.807) is 42.5 Å². The Morgan fingerprint density at radius 3 is 2.55 bits per heavy atom. The molecule has 1 aliphatic rings. The number of carboxylic acids is 1. The molecule has 0 fully saturated rings. The van der Waals surface area contributed by atoms with Gasteiger partial charge in [-0.25, -0.2) is 0 Å². The Morgan fingerprint density at radius 2 is 1.94 bits per heavy atom. The van der Waals surface area contributed by atoms with E-state index in [1.165, 1.54) is 14.0 Å². The van der Waals surface area contributed by atoms with E-state index >= 15 is 0 Å². The van der Waals surface area contributed by atoms with Crippen molar-refractivity contribution in [3.8, 4) is 17.6 Å². The summed E-state index contributed by atoms with van der Waals surface area (Å²) < 4.78 is 10.6. The van der Waals surface area contributed by atoms with Crippen molar-refractivity contribution in [2.45, 2.75) is 25.4 Å². The van der Waals surface area contributed by atoms with Gasteiger partial charge in [0.05, 0.1) is 19.2 Å². The van der Waals surface area contributed by atoms with Crippen molar-refractivity contribution in [3.63, 3.8) is 0 Å². The largest absolute Gasteiger partial charge is 0.493 e. The van der Waals surface area contributed by atoms with Crippen LogP contribution in [0.2, 0.25) is 0 Å². The zero-order chi connectivity index (χ0) is 24.0. The first-order valence-corrected chi connectivity index (χ1v) is 9.85. The number of carboxylic acid groups (broad SMARTS) is 1. The van der Waals surface area contributed by atoms with E-state index in [-0.39, 0.29) is 18.8 Å². The van der Waals surface area contributed by atoms with Crippen LogP contribution in [0.4, 0.5) is 5.69 Å². The Bertz CT molecular complexity index is 1150. The first kappa shape index (κ1) is 23.3. The van der Waals surface area contributed by atoms with Crippen LogP contribution in [-0.4, -0.2) is 47.8 Å². The molecule has 33 heavy (non-hydrogen) atoms. The summed E-state index contributed by atoms with van der Waals surface area (Å²) >= 11 is 0. The molecule has 170 valence electrons. The topological polar surface area (TPSA) is 147 Å². The summed E-state index contributed by atoms with van der Waals surface area (Å²) in [6.07, 6.45) is -0.712. The van der Waals surface area contributed by atoms with E-state index in [9.17, 15) is 19.5 Å². The molecule has 2 N–H and O–H groups in total. The average molecular weight is 451 g/mol. The van der Waals surface area contributed by atoms with Crippen LogP contribution in [0.25, 0.3) is 0 Å². The highest BCUT2D eigenvalue weighted by Gasteiger charge is 2.49. The second-order valence-corrected chi connectivity index (χ2v) is 7.27. The van der Waals surface area contributed by atoms with Gasteiger partial charge in [-0.1, -0.05) is 5.16 Å². The minimum absolute atomic E-state index is 0.0990. The van der Waals surface area contributed by atoms with Crippen LogP contribution in [0.5, 0.6) is 11.5 Å². The second kappa shape index (κ2) is 9.82.